The van der Waals surface area contributed by atoms with Gasteiger partial charge in [-0.05, 0) is 24.3 Å². The molecule has 0 fully saturated rings. The molecule has 4 heteroatoms. The molecule has 0 saturated carbocycles. The Balaban J connectivity index is 2.27. The van der Waals surface area contributed by atoms with Crippen LogP contribution in [-0.2, 0) is 0 Å². The molecule has 2 rings (SSSR count). The number of nitrogens with zero attached hydrogens (tertiary/aromatic N) is 2. The van der Waals surface area contributed by atoms with Crippen molar-refractivity contribution in [3.05, 3.63) is 49.1 Å². The molecule has 0 atom stereocenters. The van der Waals surface area contributed by atoms with Gasteiger partial charge in [-0.3, -0.25) is 0 Å². The molecule has 0 aromatic carbocycles. The maximum absolute atomic E-state index is 6.24. The maximum Gasteiger partial charge on any atom is 0.292 e. The van der Waals surface area contributed by atoms with Crippen molar-refractivity contribution in [2.24, 2.45) is 0 Å². The summed E-state index contributed by atoms with van der Waals surface area (Å²) in [5.74, 6) is 0. The molecule has 2 aromatic rings. The lowest BCUT2D eigenvalue weighted by Gasteiger charge is -2.01. The van der Waals surface area contributed by atoms with Gasteiger partial charge in [0.15, 0.2) is 0 Å². The SMILES string of the molecule is Cl[PH+](n1cccc1)n1cccc1. The zero-order chi connectivity index (χ0) is 8.39. The number of aromatic nitrogens is 2. The first-order valence-electron chi connectivity index (χ1n) is 3.67. The van der Waals surface area contributed by atoms with Crippen molar-refractivity contribution in [1.82, 2.24) is 8.68 Å². The van der Waals surface area contributed by atoms with E-state index in [-0.39, 0.29) is 0 Å². The summed E-state index contributed by atoms with van der Waals surface area (Å²) in [6.07, 6.45) is 7.95. The Morgan fingerprint density at radius 2 is 1.08 bits per heavy atom. The molecule has 0 bridgehead atoms. The summed E-state index contributed by atoms with van der Waals surface area (Å²) in [5, 5.41) is 0. The largest absolute Gasteiger partial charge is 0.292 e. The molecule has 12 heavy (non-hydrogen) atoms. The maximum atomic E-state index is 6.24. The highest BCUT2D eigenvalue weighted by Crippen LogP contribution is 2.43. The van der Waals surface area contributed by atoms with Gasteiger partial charge < -0.3 is 0 Å². The van der Waals surface area contributed by atoms with E-state index in [1.165, 1.54) is 0 Å². The zero-order valence-electron chi connectivity index (χ0n) is 6.39. The van der Waals surface area contributed by atoms with Gasteiger partial charge in [0.2, 0.25) is 0 Å². The quantitative estimate of drug-likeness (QED) is 0.659. The van der Waals surface area contributed by atoms with Gasteiger partial charge in [0.25, 0.3) is 7.58 Å². The zero-order valence-corrected chi connectivity index (χ0v) is 8.15. The van der Waals surface area contributed by atoms with Crippen LogP contribution < -0.4 is 0 Å². The minimum atomic E-state index is -1.15. The van der Waals surface area contributed by atoms with Crippen molar-refractivity contribution in [1.29, 1.82) is 0 Å². The van der Waals surface area contributed by atoms with Crippen LogP contribution in [0, 0.1) is 0 Å². The summed E-state index contributed by atoms with van der Waals surface area (Å²) in [6.45, 7) is 0. The van der Waals surface area contributed by atoms with E-state index in [1.54, 1.807) is 0 Å². The Labute approximate surface area is 77.0 Å². The molecule has 0 spiro atoms. The highest BCUT2D eigenvalue weighted by Gasteiger charge is 2.14. The van der Waals surface area contributed by atoms with E-state index in [9.17, 15) is 0 Å². The van der Waals surface area contributed by atoms with E-state index >= 15 is 0 Å². The second-order valence-corrected chi connectivity index (χ2v) is 5.03. The van der Waals surface area contributed by atoms with Gasteiger partial charge in [-0.15, -0.1) is 0 Å². The second kappa shape index (κ2) is 3.34. The third kappa shape index (κ3) is 1.40. The molecule has 0 radical (unpaired) electrons. The fourth-order valence-corrected chi connectivity index (χ4v) is 2.83. The molecule has 2 aromatic heterocycles. The van der Waals surface area contributed by atoms with Crippen molar-refractivity contribution in [3.63, 3.8) is 0 Å². The van der Waals surface area contributed by atoms with Gasteiger partial charge in [-0.25, -0.2) is 0 Å². The van der Waals surface area contributed by atoms with Gasteiger partial charge in [0.05, 0.1) is 0 Å². The molecule has 0 saturated heterocycles. The van der Waals surface area contributed by atoms with E-state index in [1.807, 2.05) is 57.7 Å². The lowest BCUT2D eigenvalue weighted by molar-refractivity contribution is 1.16. The van der Waals surface area contributed by atoms with Crippen LogP contribution in [0.15, 0.2) is 49.1 Å². The first-order chi connectivity index (χ1) is 5.88. The molecule has 2 nitrogen and oxygen atoms in total. The topological polar surface area (TPSA) is 9.86 Å². The van der Waals surface area contributed by atoms with E-state index in [2.05, 4.69) is 0 Å². The Bertz CT molecular complexity index is 294. The van der Waals surface area contributed by atoms with E-state index in [4.69, 9.17) is 11.2 Å². The third-order valence-electron chi connectivity index (χ3n) is 1.64. The summed E-state index contributed by atoms with van der Waals surface area (Å²) >= 11 is 6.24. The normalized spacial score (nSPS) is 10.8. The number of hydrogen-bond donors (Lipinski definition) is 0. The summed E-state index contributed by atoms with van der Waals surface area (Å²) in [4.78, 5) is 0. The fourth-order valence-electron chi connectivity index (χ4n) is 1.05. The summed E-state index contributed by atoms with van der Waals surface area (Å²) in [6, 6.07) is 7.93. The van der Waals surface area contributed by atoms with Gasteiger partial charge in [0.1, 0.15) is 11.2 Å². The number of hydrogen-bond acceptors (Lipinski definition) is 0. The van der Waals surface area contributed by atoms with Crippen molar-refractivity contribution < 1.29 is 0 Å². The Kier molecular flexibility index (Phi) is 2.20. The van der Waals surface area contributed by atoms with Gasteiger partial charge >= 0.3 is 0 Å². The fraction of sp³-hybridized carbons (Fsp3) is 0. The predicted octanol–water partition coefficient (Wildman–Crippen LogP) is 2.88. The van der Waals surface area contributed by atoms with E-state index in [0.29, 0.717) is 0 Å². The molecule has 0 amide bonds. The minimum absolute atomic E-state index is 1.15. The highest BCUT2D eigenvalue weighted by molar-refractivity contribution is 7.81. The minimum Gasteiger partial charge on any atom is -0.197 e. The molecule has 0 unspecified atom stereocenters. The molecule has 0 aliphatic carbocycles. The molecule has 62 valence electrons. The standard InChI is InChI=1S/C8H8ClN2P/c9-12(10-5-1-2-6-10)11-7-3-4-8-11/h1-8H/p+1. The average Bonchev–Trinajstić information content (AvgIpc) is 2.77. The molecule has 0 aliphatic heterocycles. The average molecular weight is 200 g/mol. The van der Waals surface area contributed by atoms with Crippen LogP contribution in [0.5, 0.6) is 0 Å². The van der Waals surface area contributed by atoms with E-state index in [0.717, 1.165) is 0 Å². The molecule has 2 heterocycles. The lowest BCUT2D eigenvalue weighted by Crippen LogP contribution is -1.90. The van der Waals surface area contributed by atoms with Crippen molar-refractivity contribution >= 4 is 18.8 Å². The van der Waals surface area contributed by atoms with Crippen molar-refractivity contribution in [2.75, 3.05) is 0 Å². The Hall–Kier alpha value is -0.720. The van der Waals surface area contributed by atoms with Crippen LogP contribution in [0.25, 0.3) is 0 Å². The van der Waals surface area contributed by atoms with Crippen LogP contribution in [-0.4, -0.2) is 8.68 Å². The molecule has 0 aliphatic rings. The first-order valence-corrected chi connectivity index (χ1v) is 6.08. The third-order valence-corrected chi connectivity index (χ3v) is 4.25. The second-order valence-electron chi connectivity index (χ2n) is 2.45. The van der Waals surface area contributed by atoms with Crippen LogP contribution >= 0.6 is 18.8 Å². The Morgan fingerprint density at radius 3 is 1.42 bits per heavy atom. The molecular weight excluding hydrogens is 191 g/mol. The number of halogens is 1. The monoisotopic (exact) mass is 199 g/mol. The van der Waals surface area contributed by atoms with Crippen LogP contribution in [0.2, 0.25) is 0 Å². The van der Waals surface area contributed by atoms with Crippen molar-refractivity contribution in [2.45, 2.75) is 0 Å². The van der Waals surface area contributed by atoms with Gasteiger partial charge in [-0.2, -0.15) is 8.68 Å². The van der Waals surface area contributed by atoms with Gasteiger partial charge in [-0.1, -0.05) is 0 Å². The summed E-state index contributed by atoms with van der Waals surface area (Å²) in [5.41, 5.74) is 0. The lowest BCUT2D eigenvalue weighted by atomic mass is 10.7. The summed E-state index contributed by atoms with van der Waals surface area (Å²) < 4.78 is 4.07. The van der Waals surface area contributed by atoms with Crippen LogP contribution in [0.3, 0.4) is 0 Å². The first kappa shape index (κ1) is 7.90. The van der Waals surface area contributed by atoms with Crippen LogP contribution in [0.1, 0.15) is 0 Å². The van der Waals surface area contributed by atoms with Gasteiger partial charge in [0, 0.05) is 24.8 Å². The Morgan fingerprint density at radius 1 is 0.750 bits per heavy atom. The smallest absolute Gasteiger partial charge is 0.197 e. The van der Waals surface area contributed by atoms with Crippen molar-refractivity contribution in [3.8, 4) is 0 Å². The predicted molar refractivity (Wildman–Crippen MR) is 53.8 cm³/mol. The van der Waals surface area contributed by atoms with E-state index < -0.39 is 7.58 Å². The molecule has 0 N–H and O–H groups in total. The summed E-state index contributed by atoms with van der Waals surface area (Å²) in [7, 11) is -1.15. The van der Waals surface area contributed by atoms with Crippen LogP contribution in [0.4, 0.5) is 0 Å². The molecular formula is C8H9ClN2P+. The number of rotatable bonds is 2. The highest BCUT2D eigenvalue weighted by atomic mass is 35.7.